The van der Waals surface area contributed by atoms with E-state index >= 15 is 0 Å². The largest absolute Gasteiger partial charge is 0.309 e. The first-order valence-corrected chi connectivity index (χ1v) is 16.1. The van der Waals surface area contributed by atoms with Gasteiger partial charge in [-0.25, -0.2) is 0 Å². The highest BCUT2D eigenvalue weighted by molar-refractivity contribution is 6.10. The zero-order valence-electron chi connectivity index (χ0n) is 26.0. The maximum absolute atomic E-state index is 2.43. The second-order valence-electron chi connectivity index (χ2n) is 13.0. The molecular weight excluding hydrogens is 555 g/mol. The molecule has 8 aromatic rings. The third kappa shape index (κ3) is 4.02. The molecule has 46 heavy (non-hydrogen) atoms. The van der Waals surface area contributed by atoms with Gasteiger partial charge in [0.15, 0.2) is 0 Å². The smallest absolute Gasteiger partial charge is 0.0541 e. The molecular formula is C45H33N. The number of benzene rings is 7. The first kappa shape index (κ1) is 26.7. The summed E-state index contributed by atoms with van der Waals surface area (Å²) >= 11 is 0. The molecule has 0 spiro atoms. The lowest BCUT2D eigenvalue weighted by Gasteiger charge is -2.22. The maximum Gasteiger partial charge on any atom is 0.0541 e. The average molecular weight is 588 g/mol. The van der Waals surface area contributed by atoms with Crippen molar-refractivity contribution in [2.45, 2.75) is 19.3 Å². The molecule has 1 aromatic heterocycles. The maximum atomic E-state index is 2.43. The Bertz CT molecular complexity index is 2430. The van der Waals surface area contributed by atoms with Crippen LogP contribution in [0.3, 0.4) is 0 Å². The third-order valence-corrected chi connectivity index (χ3v) is 10.0. The molecule has 0 radical (unpaired) electrons. The number of fused-ring (bicyclic) bond motifs is 6. The van der Waals surface area contributed by atoms with Crippen LogP contribution in [0.2, 0.25) is 0 Å². The fraction of sp³-hybridized carbons (Fsp3) is 0.0667. The summed E-state index contributed by atoms with van der Waals surface area (Å²) in [5.41, 5.74) is 16.5. The lowest BCUT2D eigenvalue weighted by molar-refractivity contribution is 0.660. The Labute approximate surface area is 270 Å². The van der Waals surface area contributed by atoms with E-state index in [1.54, 1.807) is 0 Å². The molecule has 0 saturated carbocycles. The Morgan fingerprint density at radius 3 is 1.83 bits per heavy atom. The zero-order valence-corrected chi connectivity index (χ0v) is 26.0. The monoisotopic (exact) mass is 587 g/mol. The highest BCUT2D eigenvalue weighted by atomic mass is 15.0. The van der Waals surface area contributed by atoms with Gasteiger partial charge in [0, 0.05) is 21.9 Å². The molecule has 0 fully saturated rings. The lowest BCUT2D eigenvalue weighted by atomic mass is 9.81. The minimum Gasteiger partial charge on any atom is -0.309 e. The Morgan fingerprint density at radius 2 is 0.978 bits per heavy atom. The van der Waals surface area contributed by atoms with E-state index in [2.05, 4.69) is 182 Å². The Morgan fingerprint density at radius 1 is 0.370 bits per heavy atom. The molecule has 0 amide bonds. The molecule has 0 unspecified atom stereocenters. The lowest BCUT2D eigenvalue weighted by Crippen LogP contribution is -2.14. The highest BCUT2D eigenvalue weighted by Crippen LogP contribution is 2.50. The van der Waals surface area contributed by atoms with E-state index < -0.39 is 0 Å². The van der Waals surface area contributed by atoms with Crippen LogP contribution >= 0.6 is 0 Å². The Balaban J connectivity index is 1.21. The summed E-state index contributed by atoms with van der Waals surface area (Å²) in [6.07, 6.45) is 0. The number of rotatable bonds is 4. The molecule has 1 heteroatoms. The molecule has 7 aromatic carbocycles. The molecule has 1 aliphatic carbocycles. The van der Waals surface area contributed by atoms with Gasteiger partial charge < -0.3 is 4.57 Å². The second-order valence-corrected chi connectivity index (χ2v) is 13.0. The number of hydrogen-bond acceptors (Lipinski definition) is 0. The second kappa shape index (κ2) is 10.2. The minimum atomic E-state index is -0.0386. The molecule has 9 rings (SSSR count). The van der Waals surface area contributed by atoms with Gasteiger partial charge in [0.25, 0.3) is 0 Å². The summed E-state index contributed by atoms with van der Waals surface area (Å²) in [6, 6.07) is 60.1. The predicted octanol–water partition coefficient (Wildman–Crippen LogP) is 12.1. The number of aromatic nitrogens is 1. The summed E-state index contributed by atoms with van der Waals surface area (Å²) < 4.78 is 2.38. The first-order valence-electron chi connectivity index (χ1n) is 16.1. The van der Waals surface area contributed by atoms with Gasteiger partial charge in [-0.1, -0.05) is 135 Å². The van der Waals surface area contributed by atoms with E-state index in [9.17, 15) is 0 Å². The van der Waals surface area contributed by atoms with Crippen molar-refractivity contribution in [2.75, 3.05) is 0 Å². The summed E-state index contributed by atoms with van der Waals surface area (Å²) in [6.45, 7) is 4.71. The van der Waals surface area contributed by atoms with Crippen molar-refractivity contribution in [3.63, 3.8) is 0 Å². The summed E-state index contributed by atoms with van der Waals surface area (Å²) in [5, 5.41) is 2.53. The van der Waals surface area contributed by atoms with Crippen molar-refractivity contribution < 1.29 is 0 Å². The van der Waals surface area contributed by atoms with Crippen molar-refractivity contribution in [3.05, 3.63) is 175 Å². The molecule has 218 valence electrons. The summed E-state index contributed by atoms with van der Waals surface area (Å²) in [5.74, 6) is 0. The number of nitrogens with zero attached hydrogens (tertiary/aromatic N) is 1. The van der Waals surface area contributed by atoms with Gasteiger partial charge in [0.05, 0.1) is 11.0 Å². The molecule has 0 bridgehead atoms. The van der Waals surface area contributed by atoms with Crippen LogP contribution in [0.4, 0.5) is 0 Å². The van der Waals surface area contributed by atoms with E-state index in [-0.39, 0.29) is 5.41 Å². The van der Waals surface area contributed by atoms with Crippen LogP contribution in [0.15, 0.2) is 164 Å². The van der Waals surface area contributed by atoms with E-state index in [0.717, 1.165) is 0 Å². The van der Waals surface area contributed by atoms with Crippen molar-refractivity contribution in [1.82, 2.24) is 4.57 Å². The van der Waals surface area contributed by atoms with Crippen LogP contribution in [0.1, 0.15) is 25.0 Å². The van der Waals surface area contributed by atoms with Gasteiger partial charge >= 0.3 is 0 Å². The summed E-state index contributed by atoms with van der Waals surface area (Å²) in [4.78, 5) is 0. The van der Waals surface area contributed by atoms with E-state index in [0.29, 0.717) is 0 Å². The molecule has 0 saturated heterocycles. The van der Waals surface area contributed by atoms with Gasteiger partial charge in [-0.3, -0.25) is 0 Å². The fourth-order valence-electron chi connectivity index (χ4n) is 7.71. The molecule has 0 N–H and O–H groups in total. The molecule has 1 heterocycles. The van der Waals surface area contributed by atoms with Gasteiger partial charge in [-0.15, -0.1) is 0 Å². The average Bonchev–Trinajstić information content (AvgIpc) is 3.57. The normalized spacial score (nSPS) is 13.2. The van der Waals surface area contributed by atoms with Crippen LogP contribution in [0, 0.1) is 0 Å². The fourth-order valence-corrected chi connectivity index (χ4v) is 7.71. The van der Waals surface area contributed by atoms with Crippen molar-refractivity contribution in [2.24, 2.45) is 0 Å². The van der Waals surface area contributed by atoms with Crippen molar-refractivity contribution in [1.29, 1.82) is 0 Å². The third-order valence-electron chi connectivity index (χ3n) is 10.0. The van der Waals surface area contributed by atoms with Gasteiger partial charge in [0.2, 0.25) is 0 Å². The van der Waals surface area contributed by atoms with Crippen LogP contribution in [-0.4, -0.2) is 4.57 Å². The minimum absolute atomic E-state index is 0.0386. The van der Waals surface area contributed by atoms with Crippen molar-refractivity contribution >= 4 is 21.8 Å². The highest BCUT2D eigenvalue weighted by Gasteiger charge is 2.35. The Hall–Kier alpha value is -5.66. The number of para-hydroxylation sites is 2. The Kier molecular flexibility index (Phi) is 5.92. The molecule has 1 aliphatic rings. The van der Waals surface area contributed by atoms with E-state index in [1.807, 2.05) is 0 Å². The quantitative estimate of drug-likeness (QED) is 0.193. The first-order chi connectivity index (χ1) is 22.6. The van der Waals surface area contributed by atoms with Crippen LogP contribution in [-0.2, 0) is 5.41 Å². The SMILES string of the molecule is CC1(C)c2ccccc2-c2ccc(-c3ccc(-c4ccc5c(c4)c4ccccc4n5-c4ccccc4)cc3-c3ccccc3)cc21. The summed E-state index contributed by atoms with van der Waals surface area (Å²) in [7, 11) is 0. The van der Waals surface area contributed by atoms with E-state index in [4.69, 9.17) is 0 Å². The van der Waals surface area contributed by atoms with Gasteiger partial charge in [-0.2, -0.15) is 0 Å². The van der Waals surface area contributed by atoms with Crippen LogP contribution in [0.5, 0.6) is 0 Å². The van der Waals surface area contributed by atoms with Crippen LogP contribution < -0.4 is 0 Å². The van der Waals surface area contributed by atoms with Crippen molar-refractivity contribution in [3.8, 4) is 50.2 Å². The molecule has 1 nitrogen and oxygen atoms in total. The van der Waals surface area contributed by atoms with E-state index in [1.165, 1.54) is 83.1 Å². The number of hydrogen-bond donors (Lipinski definition) is 0. The molecule has 0 aliphatic heterocycles. The zero-order chi connectivity index (χ0) is 30.8. The topological polar surface area (TPSA) is 4.93 Å². The van der Waals surface area contributed by atoms with Crippen LogP contribution in [0.25, 0.3) is 72.0 Å². The standard InChI is InChI=1S/C45H33N/c1-45(2)41-19-11-9-17-36(41)37-25-22-33(29-42(37)45)35-24-21-31(27-39(35)30-13-5-3-6-14-30)32-23-26-44-40(28-32)38-18-10-12-20-43(38)46(44)34-15-7-4-8-16-34/h3-29H,1-2H3. The van der Waals surface area contributed by atoms with Gasteiger partial charge in [-0.05, 0) is 98.1 Å². The molecule has 0 atom stereocenters. The van der Waals surface area contributed by atoms with Gasteiger partial charge in [0.1, 0.15) is 0 Å². The predicted molar refractivity (Wildman–Crippen MR) is 195 cm³/mol.